The smallest absolute Gasteiger partial charge is 0.311 e. The molecule has 0 saturated carbocycles. The maximum Gasteiger partial charge on any atom is 0.311 e. The van der Waals surface area contributed by atoms with Gasteiger partial charge in [-0.25, -0.2) is 0 Å². The first-order valence-corrected chi connectivity index (χ1v) is 2.47. The van der Waals surface area contributed by atoms with Gasteiger partial charge in [0.25, 0.3) is 0 Å². The number of hydrogen-bond donors (Lipinski definition) is 3. The maximum absolute atomic E-state index is 10.0. The maximum atomic E-state index is 10.0. The molecule has 4 nitrogen and oxygen atoms in total. The van der Waals surface area contributed by atoms with Gasteiger partial charge in [-0.05, 0) is 6.42 Å². The van der Waals surface area contributed by atoms with Gasteiger partial charge in [-0.3, -0.25) is 4.79 Å². The van der Waals surface area contributed by atoms with E-state index < -0.39 is 18.2 Å². The van der Waals surface area contributed by atoms with E-state index in [1.807, 2.05) is 0 Å². The van der Waals surface area contributed by atoms with Crippen molar-refractivity contribution in [3.63, 3.8) is 0 Å². The van der Waals surface area contributed by atoms with Crippen molar-refractivity contribution in [2.75, 3.05) is 0 Å². The summed E-state index contributed by atoms with van der Waals surface area (Å²) in [6.07, 6.45) is -1.83. The van der Waals surface area contributed by atoms with Gasteiger partial charge < -0.3 is 15.3 Å². The van der Waals surface area contributed by atoms with Crippen LogP contribution in [-0.2, 0) is 4.79 Å². The SMILES string of the molecule is [CH2]CC(C(=O)O)C(O)O. The summed E-state index contributed by atoms with van der Waals surface area (Å²) in [4.78, 5) is 10.0. The molecular formula is C5H9O4. The predicted octanol–water partition coefficient (Wildman–Crippen LogP) is -0.778. The van der Waals surface area contributed by atoms with Crippen molar-refractivity contribution in [3.05, 3.63) is 6.92 Å². The van der Waals surface area contributed by atoms with Crippen molar-refractivity contribution >= 4 is 5.97 Å². The van der Waals surface area contributed by atoms with E-state index in [1.165, 1.54) is 0 Å². The minimum absolute atomic E-state index is 0.0208. The van der Waals surface area contributed by atoms with Crippen LogP contribution in [-0.4, -0.2) is 27.6 Å². The number of carboxylic acids is 1. The van der Waals surface area contributed by atoms with Gasteiger partial charge in [0, 0.05) is 0 Å². The number of aliphatic hydroxyl groups is 2. The summed E-state index contributed by atoms with van der Waals surface area (Å²) in [5, 5.41) is 24.8. The van der Waals surface area contributed by atoms with Gasteiger partial charge in [0.1, 0.15) is 5.92 Å². The van der Waals surface area contributed by atoms with Crippen LogP contribution < -0.4 is 0 Å². The second kappa shape index (κ2) is 3.42. The molecule has 0 rings (SSSR count). The van der Waals surface area contributed by atoms with Crippen molar-refractivity contribution < 1.29 is 20.1 Å². The lowest BCUT2D eigenvalue weighted by atomic mass is 10.1. The largest absolute Gasteiger partial charge is 0.481 e. The van der Waals surface area contributed by atoms with Crippen LogP contribution in [0.4, 0.5) is 0 Å². The Morgan fingerprint density at radius 2 is 2.00 bits per heavy atom. The summed E-state index contributed by atoms with van der Waals surface area (Å²) >= 11 is 0. The van der Waals surface area contributed by atoms with Gasteiger partial charge in [-0.2, -0.15) is 0 Å². The highest BCUT2D eigenvalue weighted by Gasteiger charge is 2.21. The van der Waals surface area contributed by atoms with Crippen molar-refractivity contribution in [3.8, 4) is 0 Å². The van der Waals surface area contributed by atoms with Crippen LogP contribution in [0.15, 0.2) is 0 Å². The van der Waals surface area contributed by atoms with Crippen LogP contribution in [0.1, 0.15) is 6.42 Å². The van der Waals surface area contributed by atoms with Gasteiger partial charge in [0.05, 0.1) is 0 Å². The Labute approximate surface area is 52.7 Å². The van der Waals surface area contributed by atoms with E-state index in [0.717, 1.165) is 0 Å². The Balaban J connectivity index is 3.83. The third-order valence-corrected chi connectivity index (χ3v) is 0.988. The third-order valence-electron chi connectivity index (χ3n) is 0.988. The monoisotopic (exact) mass is 133 g/mol. The zero-order valence-electron chi connectivity index (χ0n) is 4.82. The fourth-order valence-corrected chi connectivity index (χ4v) is 0.400. The quantitative estimate of drug-likeness (QED) is 0.441. The normalized spacial score (nSPS) is 13.8. The number of carboxylic acid groups (broad SMARTS) is 1. The molecule has 0 bridgehead atoms. The molecular weight excluding hydrogens is 124 g/mol. The van der Waals surface area contributed by atoms with Crippen molar-refractivity contribution in [1.82, 2.24) is 0 Å². The zero-order valence-corrected chi connectivity index (χ0v) is 4.82. The van der Waals surface area contributed by atoms with E-state index >= 15 is 0 Å². The number of aliphatic hydroxyl groups excluding tert-OH is 1. The summed E-state index contributed by atoms with van der Waals surface area (Å²) in [5.41, 5.74) is 0. The van der Waals surface area contributed by atoms with E-state index in [9.17, 15) is 4.79 Å². The van der Waals surface area contributed by atoms with Gasteiger partial charge in [-0.15, -0.1) is 0 Å². The summed E-state index contributed by atoms with van der Waals surface area (Å²) in [7, 11) is 0. The number of carbonyl (C=O) groups is 1. The molecule has 0 aromatic rings. The first-order chi connectivity index (χ1) is 4.09. The Bertz CT molecular complexity index is 99.1. The Morgan fingerprint density at radius 1 is 1.56 bits per heavy atom. The van der Waals surface area contributed by atoms with Crippen molar-refractivity contribution in [1.29, 1.82) is 0 Å². The highest BCUT2D eigenvalue weighted by Crippen LogP contribution is 2.05. The van der Waals surface area contributed by atoms with Crippen LogP contribution >= 0.6 is 0 Å². The number of rotatable bonds is 3. The molecule has 4 heteroatoms. The standard InChI is InChI=1S/C5H9O4/c1-2-3(4(6)7)5(8)9/h3-4,6-7H,1-2H2,(H,8,9). The molecule has 53 valence electrons. The van der Waals surface area contributed by atoms with Crippen molar-refractivity contribution in [2.45, 2.75) is 12.7 Å². The molecule has 0 amide bonds. The van der Waals surface area contributed by atoms with Gasteiger partial charge in [-0.1, -0.05) is 6.92 Å². The Hall–Kier alpha value is -0.610. The average molecular weight is 133 g/mol. The lowest BCUT2D eigenvalue weighted by Crippen LogP contribution is -2.26. The lowest BCUT2D eigenvalue weighted by Gasteiger charge is -2.09. The summed E-state index contributed by atoms with van der Waals surface area (Å²) in [6, 6.07) is 0. The van der Waals surface area contributed by atoms with Gasteiger partial charge in [0.2, 0.25) is 0 Å². The molecule has 0 aromatic carbocycles. The van der Waals surface area contributed by atoms with E-state index in [0.29, 0.717) is 0 Å². The molecule has 0 spiro atoms. The summed E-state index contributed by atoms with van der Waals surface area (Å²) in [5.74, 6) is -2.40. The minimum atomic E-state index is -1.81. The number of aliphatic carboxylic acids is 1. The second-order valence-corrected chi connectivity index (χ2v) is 1.65. The molecule has 1 radical (unpaired) electrons. The average Bonchev–Trinajstić information content (AvgIpc) is 1.64. The van der Waals surface area contributed by atoms with E-state index in [4.69, 9.17) is 15.3 Å². The molecule has 0 fully saturated rings. The van der Waals surface area contributed by atoms with Crippen LogP contribution in [0.5, 0.6) is 0 Å². The molecule has 0 aliphatic heterocycles. The third kappa shape index (κ3) is 2.43. The molecule has 3 N–H and O–H groups in total. The first kappa shape index (κ1) is 8.39. The van der Waals surface area contributed by atoms with E-state index in [1.54, 1.807) is 0 Å². The topological polar surface area (TPSA) is 77.8 Å². The van der Waals surface area contributed by atoms with Gasteiger partial charge >= 0.3 is 5.97 Å². The Kier molecular flexibility index (Phi) is 3.19. The molecule has 1 unspecified atom stereocenters. The fourth-order valence-electron chi connectivity index (χ4n) is 0.400. The van der Waals surface area contributed by atoms with Crippen LogP contribution in [0.2, 0.25) is 0 Å². The van der Waals surface area contributed by atoms with Crippen LogP contribution in [0.3, 0.4) is 0 Å². The highest BCUT2D eigenvalue weighted by molar-refractivity contribution is 5.70. The van der Waals surface area contributed by atoms with E-state index in [2.05, 4.69) is 6.92 Å². The number of hydrogen-bond acceptors (Lipinski definition) is 3. The second-order valence-electron chi connectivity index (χ2n) is 1.65. The van der Waals surface area contributed by atoms with E-state index in [-0.39, 0.29) is 6.42 Å². The first-order valence-electron chi connectivity index (χ1n) is 2.47. The fraction of sp³-hybridized carbons (Fsp3) is 0.600. The van der Waals surface area contributed by atoms with Crippen molar-refractivity contribution in [2.24, 2.45) is 5.92 Å². The lowest BCUT2D eigenvalue weighted by molar-refractivity contribution is -0.158. The minimum Gasteiger partial charge on any atom is -0.481 e. The van der Waals surface area contributed by atoms with Crippen LogP contribution in [0, 0.1) is 12.8 Å². The zero-order chi connectivity index (χ0) is 7.44. The summed E-state index contributed by atoms with van der Waals surface area (Å²) in [6.45, 7) is 3.23. The molecule has 0 saturated heterocycles. The molecule has 9 heavy (non-hydrogen) atoms. The van der Waals surface area contributed by atoms with Gasteiger partial charge in [0.15, 0.2) is 6.29 Å². The molecule has 0 aromatic heterocycles. The summed E-state index contributed by atoms with van der Waals surface area (Å²) < 4.78 is 0. The predicted molar refractivity (Wildman–Crippen MR) is 29.3 cm³/mol. The molecule has 0 heterocycles. The molecule has 0 aliphatic rings. The van der Waals surface area contributed by atoms with Crippen LogP contribution in [0.25, 0.3) is 0 Å². The molecule has 0 aliphatic carbocycles. The molecule has 1 atom stereocenters. The Morgan fingerprint density at radius 3 is 2.00 bits per heavy atom. The highest BCUT2D eigenvalue weighted by atomic mass is 16.5.